The Balaban J connectivity index is 2.51. The van der Waals surface area contributed by atoms with Crippen molar-refractivity contribution in [1.82, 2.24) is 14.8 Å². The average molecular weight is 245 g/mol. The highest BCUT2D eigenvalue weighted by atomic mass is 16.4. The Morgan fingerprint density at radius 3 is 3.06 bits per heavy atom. The van der Waals surface area contributed by atoms with Gasteiger partial charge in [0.2, 0.25) is 0 Å². The van der Waals surface area contributed by atoms with Gasteiger partial charge in [-0.25, -0.2) is 9.78 Å². The molecule has 3 aromatic rings. The van der Waals surface area contributed by atoms with E-state index in [4.69, 9.17) is 15.0 Å². The molecule has 6 heteroatoms. The Morgan fingerprint density at radius 2 is 2.33 bits per heavy atom. The van der Waals surface area contributed by atoms with Crippen molar-refractivity contribution in [3.8, 4) is 0 Å². The first-order valence-electron chi connectivity index (χ1n) is 6.60. The number of nitrogen functional groups attached to an aromatic ring is 1. The molecule has 6 nitrogen and oxygen atoms in total. The molecule has 2 aromatic heterocycles. The quantitative estimate of drug-likeness (QED) is 0.675. The molecule has 0 spiro atoms. The number of pyridine rings is 1. The largest absolute Gasteiger partial charge is 0.478 e. The highest BCUT2D eigenvalue weighted by Gasteiger charge is 2.12. The number of aromatic carboxylic acids is 1. The first-order valence-corrected chi connectivity index (χ1v) is 5.10. The Hall–Kier alpha value is -2.63. The zero-order valence-corrected chi connectivity index (χ0v) is 9.08. The van der Waals surface area contributed by atoms with Gasteiger partial charge in [0.1, 0.15) is 5.82 Å². The Morgan fingerprint density at radius 1 is 1.50 bits per heavy atom. The molecule has 0 aliphatic heterocycles. The number of carbonyl (C=O) groups is 1. The molecule has 1 aromatic carbocycles. The van der Waals surface area contributed by atoms with Crippen LogP contribution in [0.2, 0.25) is 0 Å². The number of nitrogens with two attached hydrogens (primary N) is 1. The first-order chi connectivity index (χ1) is 9.79. The molecule has 0 amide bonds. The molecule has 0 aliphatic carbocycles. The minimum absolute atomic E-state index is 0.0358. The number of carboxylic acids is 1. The standard InChI is InChI=1S/C12H10N4O2/c1-16-10-7-4-6(12(17)18)2-3-9(7)15-11(13)8(10)5-14-16/h2-5H,1H3,(H2,13,15)(H,17,18)/i1D3. The van der Waals surface area contributed by atoms with Crippen LogP contribution in [0, 0.1) is 0 Å². The molecule has 90 valence electrons. The van der Waals surface area contributed by atoms with Crippen molar-refractivity contribution in [2.45, 2.75) is 0 Å². The van der Waals surface area contributed by atoms with Crippen molar-refractivity contribution in [1.29, 1.82) is 0 Å². The van der Waals surface area contributed by atoms with Crippen molar-refractivity contribution >= 4 is 33.6 Å². The predicted octanol–water partition coefficient (Wildman–Crippen LogP) is 1.40. The van der Waals surface area contributed by atoms with Crippen LogP contribution < -0.4 is 5.73 Å². The molecule has 0 unspecified atom stereocenters. The summed E-state index contributed by atoms with van der Waals surface area (Å²) in [6.45, 7) is -2.50. The highest BCUT2D eigenvalue weighted by molar-refractivity contribution is 6.09. The molecule has 0 aliphatic rings. The van der Waals surface area contributed by atoms with Gasteiger partial charge in [0.05, 0.1) is 28.2 Å². The molecule has 18 heavy (non-hydrogen) atoms. The van der Waals surface area contributed by atoms with E-state index in [-0.39, 0.29) is 16.9 Å². The summed E-state index contributed by atoms with van der Waals surface area (Å²) in [5, 5.41) is 13.7. The van der Waals surface area contributed by atoms with Gasteiger partial charge in [-0.05, 0) is 18.2 Å². The smallest absolute Gasteiger partial charge is 0.335 e. The molecule has 2 heterocycles. The number of rotatable bonds is 1. The van der Waals surface area contributed by atoms with Gasteiger partial charge in [-0.15, -0.1) is 0 Å². The van der Waals surface area contributed by atoms with Crippen molar-refractivity contribution in [3.63, 3.8) is 0 Å². The van der Waals surface area contributed by atoms with Crippen molar-refractivity contribution in [2.24, 2.45) is 6.98 Å². The van der Waals surface area contributed by atoms with Gasteiger partial charge in [-0.2, -0.15) is 5.10 Å². The van der Waals surface area contributed by atoms with E-state index in [2.05, 4.69) is 10.1 Å². The zero-order valence-electron chi connectivity index (χ0n) is 12.1. The third-order valence-electron chi connectivity index (χ3n) is 2.78. The van der Waals surface area contributed by atoms with Gasteiger partial charge in [-0.1, -0.05) is 0 Å². The maximum atomic E-state index is 11.1. The van der Waals surface area contributed by atoms with E-state index in [1.54, 1.807) is 0 Å². The zero-order chi connectivity index (χ0) is 15.4. The summed E-state index contributed by atoms with van der Waals surface area (Å²) >= 11 is 0. The second kappa shape index (κ2) is 3.43. The second-order valence-corrected chi connectivity index (χ2v) is 3.85. The lowest BCUT2D eigenvalue weighted by Gasteiger charge is -2.05. The molecule has 0 saturated heterocycles. The summed E-state index contributed by atoms with van der Waals surface area (Å²) in [6.07, 6.45) is 1.32. The number of aryl methyl sites for hydroxylation is 1. The van der Waals surface area contributed by atoms with Crippen molar-refractivity contribution in [3.05, 3.63) is 30.0 Å². The number of benzene rings is 1. The minimum atomic E-state index is -2.50. The molecule has 3 N–H and O–H groups in total. The van der Waals surface area contributed by atoms with Gasteiger partial charge < -0.3 is 10.8 Å². The molecule has 0 fully saturated rings. The number of fused-ring (bicyclic) bond motifs is 3. The Labute approximate surface area is 106 Å². The van der Waals surface area contributed by atoms with Crippen LogP contribution in [0.5, 0.6) is 0 Å². The van der Waals surface area contributed by atoms with Crippen LogP contribution >= 0.6 is 0 Å². The number of anilines is 1. The van der Waals surface area contributed by atoms with E-state index in [1.165, 1.54) is 24.4 Å². The van der Waals surface area contributed by atoms with Gasteiger partial charge in [0, 0.05) is 16.5 Å². The fourth-order valence-electron chi connectivity index (χ4n) is 1.94. The number of hydrogen-bond donors (Lipinski definition) is 2. The van der Waals surface area contributed by atoms with E-state index in [9.17, 15) is 4.79 Å². The molecule has 0 saturated carbocycles. The van der Waals surface area contributed by atoms with E-state index in [1.807, 2.05) is 0 Å². The maximum absolute atomic E-state index is 11.1. The van der Waals surface area contributed by atoms with Crippen LogP contribution in [-0.4, -0.2) is 25.8 Å². The number of aromatic nitrogens is 3. The number of nitrogens with zero attached hydrogens (tertiary/aromatic N) is 3. The van der Waals surface area contributed by atoms with Crippen molar-refractivity contribution in [2.75, 3.05) is 5.73 Å². The first kappa shape index (κ1) is 7.65. The SMILES string of the molecule is [2H]C([2H])([2H])n1ncc2c(N)nc3ccc(C(=O)O)cc3c21. The normalized spacial score (nSPS) is 14.3. The summed E-state index contributed by atoms with van der Waals surface area (Å²) in [7, 11) is 0. The lowest BCUT2D eigenvalue weighted by molar-refractivity contribution is 0.0697. The summed E-state index contributed by atoms with van der Waals surface area (Å²) in [6, 6.07) is 4.25. The van der Waals surface area contributed by atoms with Crippen LogP contribution in [0.4, 0.5) is 5.82 Å². The summed E-state index contributed by atoms with van der Waals surface area (Å²) in [5.41, 5.74) is 6.51. The van der Waals surface area contributed by atoms with Crippen LogP contribution in [0.15, 0.2) is 24.4 Å². The molecular formula is C12H10N4O2. The fraction of sp³-hybridized carbons (Fsp3) is 0.0833. The number of hydrogen-bond acceptors (Lipinski definition) is 4. The Bertz CT molecular complexity index is 885. The topological polar surface area (TPSA) is 94.0 Å². The van der Waals surface area contributed by atoms with E-state index in [0.29, 0.717) is 16.3 Å². The minimum Gasteiger partial charge on any atom is -0.478 e. The van der Waals surface area contributed by atoms with E-state index < -0.39 is 12.9 Å². The Kier molecular flexibility index (Phi) is 1.46. The summed E-state index contributed by atoms with van der Waals surface area (Å²) < 4.78 is 23.4. The predicted molar refractivity (Wildman–Crippen MR) is 67.4 cm³/mol. The highest BCUT2D eigenvalue weighted by Crippen LogP contribution is 2.27. The van der Waals surface area contributed by atoms with E-state index in [0.717, 1.165) is 4.68 Å². The average Bonchev–Trinajstić information content (AvgIpc) is 2.83. The molecule has 0 radical (unpaired) electrons. The number of carboxylic acid groups (broad SMARTS) is 1. The van der Waals surface area contributed by atoms with Crippen LogP contribution in [0.3, 0.4) is 0 Å². The van der Waals surface area contributed by atoms with Crippen LogP contribution in [-0.2, 0) is 6.98 Å². The van der Waals surface area contributed by atoms with Gasteiger partial charge in [0.15, 0.2) is 0 Å². The lowest BCUT2D eigenvalue weighted by Crippen LogP contribution is -1.99. The third kappa shape index (κ3) is 1.32. The molecule has 0 atom stereocenters. The molecule has 0 bridgehead atoms. The maximum Gasteiger partial charge on any atom is 0.335 e. The monoisotopic (exact) mass is 245 g/mol. The summed E-state index contributed by atoms with van der Waals surface area (Å²) in [4.78, 5) is 15.2. The molecule has 3 rings (SSSR count). The van der Waals surface area contributed by atoms with E-state index >= 15 is 0 Å². The fourth-order valence-corrected chi connectivity index (χ4v) is 1.94. The summed E-state index contributed by atoms with van der Waals surface area (Å²) in [5.74, 6) is -0.960. The molecular weight excluding hydrogens is 232 g/mol. The second-order valence-electron chi connectivity index (χ2n) is 3.85. The van der Waals surface area contributed by atoms with Crippen molar-refractivity contribution < 1.29 is 14.0 Å². The van der Waals surface area contributed by atoms with Crippen LogP contribution in [0.1, 0.15) is 14.5 Å². The lowest BCUT2D eigenvalue weighted by atomic mass is 10.1. The van der Waals surface area contributed by atoms with Gasteiger partial charge >= 0.3 is 5.97 Å². The third-order valence-corrected chi connectivity index (χ3v) is 2.78. The van der Waals surface area contributed by atoms with Crippen LogP contribution in [0.25, 0.3) is 21.8 Å². The van der Waals surface area contributed by atoms with Gasteiger partial charge in [0.25, 0.3) is 0 Å². The van der Waals surface area contributed by atoms with Gasteiger partial charge in [-0.3, -0.25) is 4.68 Å².